The predicted molar refractivity (Wildman–Crippen MR) is 91.0 cm³/mol. The third-order valence-corrected chi connectivity index (χ3v) is 6.39. The second-order valence-corrected chi connectivity index (χ2v) is 8.50. The minimum Gasteiger partial charge on any atom is -0.375 e. The van der Waals surface area contributed by atoms with Crippen LogP contribution in [0.3, 0.4) is 0 Å². The maximum atomic E-state index is 6.19. The largest absolute Gasteiger partial charge is 0.375 e. The number of halogens is 1. The molecule has 0 radical (unpaired) electrons. The number of nitrogens with two attached hydrogens (primary N) is 1. The average Bonchev–Trinajstić information content (AvgIpc) is 2.84. The van der Waals surface area contributed by atoms with Crippen LogP contribution in [0.25, 0.3) is 0 Å². The van der Waals surface area contributed by atoms with Gasteiger partial charge in [0, 0.05) is 23.4 Å². The van der Waals surface area contributed by atoms with Crippen LogP contribution in [-0.4, -0.2) is 43.2 Å². The van der Waals surface area contributed by atoms with Crippen LogP contribution in [0.5, 0.6) is 0 Å². The van der Waals surface area contributed by atoms with Crippen LogP contribution in [-0.2, 0) is 10.2 Å². The Morgan fingerprint density at radius 2 is 2.38 bits per heavy atom. The van der Waals surface area contributed by atoms with Crippen molar-refractivity contribution in [1.29, 1.82) is 0 Å². The summed E-state index contributed by atoms with van der Waals surface area (Å²) < 4.78 is 6.75. The summed E-state index contributed by atoms with van der Waals surface area (Å²) in [5.74, 6) is 0.673. The Balaban J connectivity index is 1.68. The second-order valence-electron chi connectivity index (χ2n) is 6.04. The summed E-state index contributed by atoms with van der Waals surface area (Å²) in [5, 5.41) is 0. The molecule has 116 valence electrons. The summed E-state index contributed by atoms with van der Waals surface area (Å²) in [4.78, 5) is 8.30. The van der Waals surface area contributed by atoms with Gasteiger partial charge in [0.25, 0.3) is 0 Å². The summed E-state index contributed by atoms with van der Waals surface area (Å²) in [6.07, 6.45) is 3.96. The van der Waals surface area contributed by atoms with E-state index in [2.05, 4.69) is 39.9 Å². The zero-order valence-corrected chi connectivity index (χ0v) is 14.8. The van der Waals surface area contributed by atoms with Crippen molar-refractivity contribution in [2.75, 3.05) is 26.2 Å². The lowest BCUT2D eigenvalue weighted by atomic mass is 9.68. The van der Waals surface area contributed by atoms with E-state index in [9.17, 15) is 0 Å². The molecule has 3 rings (SSSR count). The molecule has 0 amide bonds. The highest BCUT2D eigenvalue weighted by Gasteiger charge is 2.40. The van der Waals surface area contributed by atoms with Crippen LogP contribution in [0.4, 0.5) is 0 Å². The maximum Gasteiger partial charge on any atom is 0.191 e. The summed E-state index contributed by atoms with van der Waals surface area (Å²) in [7, 11) is 0. The summed E-state index contributed by atoms with van der Waals surface area (Å²) in [6, 6.07) is 4.37. The molecule has 1 atom stereocenters. The van der Waals surface area contributed by atoms with Gasteiger partial charge in [-0.1, -0.05) is 6.42 Å². The van der Waals surface area contributed by atoms with Crippen LogP contribution in [0.1, 0.15) is 31.1 Å². The van der Waals surface area contributed by atoms with Crippen LogP contribution in [0.15, 0.2) is 20.9 Å². The van der Waals surface area contributed by atoms with Crippen molar-refractivity contribution >= 4 is 33.2 Å². The maximum absolute atomic E-state index is 6.19. The fraction of sp³-hybridized carbons (Fsp3) is 0.667. The number of hydrogen-bond acceptors (Lipinski definition) is 3. The Bertz CT molecular complexity index is 527. The number of morpholine rings is 1. The lowest BCUT2D eigenvalue weighted by Crippen LogP contribution is -2.48. The molecule has 0 aromatic carbocycles. The molecule has 1 aromatic rings. The lowest BCUT2D eigenvalue weighted by molar-refractivity contribution is 0.00523. The van der Waals surface area contributed by atoms with E-state index in [4.69, 9.17) is 15.5 Å². The van der Waals surface area contributed by atoms with Gasteiger partial charge in [-0.25, -0.2) is 0 Å². The molecular weight excluding hydrogens is 350 g/mol. The van der Waals surface area contributed by atoms with Gasteiger partial charge in [-0.2, -0.15) is 0 Å². The first-order valence-corrected chi connectivity index (χ1v) is 9.12. The van der Waals surface area contributed by atoms with Crippen molar-refractivity contribution in [2.24, 2.45) is 10.7 Å². The molecule has 2 aliphatic rings. The fourth-order valence-corrected chi connectivity index (χ4v) is 4.67. The van der Waals surface area contributed by atoms with Gasteiger partial charge in [0.15, 0.2) is 5.96 Å². The van der Waals surface area contributed by atoms with Gasteiger partial charge in [0.2, 0.25) is 0 Å². The first-order valence-electron chi connectivity index (χ1n) is 7.51. The minimum absolute atomic E-state index is 0.221. The van der Waals surface area contributed by atoms with Gasteiger partial charge >= 0.3 is 0 Å². The van der Waals surface area contributed by atoms with Crippen molar-refractivity contribution in [3.63, 3.8) is 0 Å². The van der Waals surface area contributed by atoms with Gasteiger partial charge in [-0.3, -0.25) is 4.99 Å². The number of rotatable bonds is 3. The minimum atomic E-state index is 0.221. The number of thiophene rings is 1. The molecule has 1 aromatic heterocycles. The van der Waals surface area contributed by atoms with E-state index >= 15 is 0 Å². The summed E-state index contributed by atoms with van der Waals surface area (Å²) in [6.45, 7) is 5.30. The van der Waals surface area contributed by atoms with E-state index in [1.807, 2.05) is 11.3 Å². The van der Waals surface area contributed by atoms with Gasteiger partial charge < -0.3 is 15.4 Å². The molecule has 2 heterocycles. The first-order chi connectivity index (χ1) is 10.1. The third-order valence-electron chi connectivity index (χ3n) is 4.52. The highest BCUT2D eigenvalue weighted by atomic mass is 79.9. The van der Waals surface area contributed by atoms with Crippen molar-refractivity contribution < 1.29 is 4.74 Å². The van der Waals surface area contributed by atoms with Crippen LogP contribution in [0, 0.1) is 0 Å². The van der Waals surface area contributed by atoms with Gasteiger partial charge in [-0.05, 0) is 47.8 Å². The SMILES string of the molecule is CC1CN(C(N)=NCC2(c3ccc(Br)s3)CCC2)CCO1. The smallest absolute Gasteiger partial charge is 0.191 e. The van der Waals surface area contributed by atoms with E-state index in [1.54, 1.807) is 0 Å². The Morgan fingerprint density at radius 3 is 2.95 bits per heavy atom. The monoisotopic (exact) mass is 371 g/mol. The highest BCUT2D eigenvalue weighted by molar-refractivity contribution is 9.11. The van der Waals surface area contributed by atoms with E-state index in [-0.39, 0.29) is 11.5 Å². The van der Waals surface area contributed by atoms with Gasteiger partial charge in [-0.15, -0.1) is 11.3 Å². The van der Waals surface area contributed by atoms with Crippen molar-refractivity contribution in [3.8, 4) is 0 Å². The highest BCUT2D eigenvalue weighted by Crippen LogP contribution is 2.47. The molecule has 1 aliphatic carbocycles. The molecule has 1 unspecified atom stereocenters. The lowest BCUT2D eigenvalue weighted by Gasteiger charge is -2.40. The quantitative estimate of drug-likeness (QED) is 0.656. The molecule has 2 N–H and O–H groups in total. The molecule has 4 nitrogen and oxygen atoms in total. The van der Waals surface area contributed by atoms with E-state index in [1.165, 1.54) is 27.9 Å². The molecule has 1 aliphatic heterocycles. The number of aliphatic imine (C=N–C) groups is 1. The topological polar surface area (TPSA) is 50.8 Å². The fourth-order valence-electron chi connectivity index (χ4n) is 3.04. The standard InChI is InChI=1S/C15H22BrN3OS/c1-11-9-19(7-8-20-11)14(17)18-10-15(5-2-6-15)12-3-4-13(16)21-12/h3-4,11H,2,5-10H2,1H3,(H2,17,18). The second kappa shape index (κ2) is 6.26. The van der Waals surface area contributed by atoms with Gasteiger partial charge in [0.05, 0.1) is 23.0 Å². The summed E-state index contributed by atoms with van der Waals surface area (Å²) >= 11 is 5.39. The molecule has 1 saturated carbocycles. The van der Waals surface area contributed by atoms with E-state index in [0.717, 1.165) is 26.2 Å². The zero-order valence-electron chi connectivity index (χ0n) is 12.3. The average molecular weight is 372 g/mol. The van der Waals surface area contributed by atoms with Crippen molar-refractivity contribution in [2.45, 2.75) is 37.7 Å². The molecule has 0 spiro atoms. The van der Waals surface area contributed by atoms with Crippen LogP contribution in [0.2, 0.25) is 0 Å². The van der Waals surface area contributed by atoms with E-state index < -0.39 is 0 Å². The Morgan fingerprint density at radius 1 is 1.57 bits per heavy atom. The Kier molecular flexibility index (Phi) is 4.57. The number of hydrogen-bond donors (Lipinski definition) is 1. The van der Waals surface area contributed by atoms with E-state index in [0.29, 0.717) is 5.96 Å². The molecule has 2 fully saturated rings. The van der Waals surface area contributed by atoms with Crippen molar-refractivity contribution in [1.82, 2.24) is 4.90 Å². The first kappa shape index (κ1) is 15.3. The van der Waals surface area contributed by atoms with Crippen molar-refractivity contribution in [3.05, 3.63) is 20.8 Å². The van der Waals surface area contributed by atoms with Crippen LogP contribution < -0.4 is 5.73 Å². The normalized spacial score (nSPS) is 25.7. The van der Waals surface area contributed by atoms with Gasteiger partial charge in [0.1, 0.15) is 0 Å². The molecule has 1 saturated heterocycles. The molecule has 0 bridgehead atoms. The molecule has 6 heteroatoms. The predicted octanol–water partition coefficient (Wildman–Crippen LogP) is 2.97. The summed E-state index contributed by atoms with van der Waals surface area (Å²) in [5.41, 5.74) is 6.42. The molecule has 21 heavy (non-hydrogen) atoms. The third kappa shape index (κ3) is 3.27. The van der Waals surface area contributed by atoms with Crippen LogP contribution >= 0.6 is 27.3 Å². The zero-order chi connectivity index (χ0) is 14.9. The Hall–Kier alpha value is -0.590. The number of nitrogens with zero attached hydrogens (tertiary/aromatic N) is 2. The number of ether oxygens (including phenoxy) is 1. The number of guanidine groups is 1. The molecular formula is C15H22BrN3OS. The Labute approximate surface area is 138 Å².